The molecule has 0 saturated heterocycles. The van der Waals surface area contributed by atoms with E-state index in [1.807, 2.05) is 0 Å². The molecule has 1 unspecified atom stereocenters. The van der Waals surface area contributed by atoms with E-state index in [4.69, 9.17) is 0 Å². The maximum absolute atomic E-state index is 12.7. The highest BCUT2D eigenvalue weighted by Crippen LogP contribution is 2.33. The van der Waals surface area contributed by atoms with Gasteiger partial charge in [-0.2, -0.15) is 0 Å². The molecule has 0 aromatic heterocycles. The Hall–Kier alpha value is 0.400. The van der Waals surface area contributed by atoms with E-state index in [9.17, 15) is 4.39 Å². The van der Waals surface area contributed by atoms with E-state index < -0.39 is 0 Å². The highest BCUT2D eigenvalue weighted by atomic mass is 127. The van der Waals surface area contributed by atoms with Crippen molar-refractivity contribution < 1.29 is 4.39 Å². The van der Waals surface area contributed by atoms with Gasteiger partial charge in [-0.25, -0.2) is 4.39 Å². The van der Waals surface area contributed by atoms with E-state index in [1.165, 1.54) is 0 Å². The number of hydrogen-bond donors (Lipinski definition) is 0. The first-order valence-corrected chi connectivity index (χ1v) is 4.31. The first-order valence-electron chi connectivity index (χ1n) is 3.23. The molecule has 0 saturated carbocycles. The van der Waals surface area contributed by atoms with E-state index in [0.29, 0.717) is 12.3 Å². The largest absolute Gasteiger partial charge is 0.211 e. The summed E-state index contributed by atoms with van der Waals surface area (Å²) in [7, 11) is 0. The van der Waals surface area contributed by atoms with Gasteiger partial charge in [-0.1, -0.05) is 6.92 Å². The number of allylic oxidation sites excluding steroid dienone is 2. The van der Waals surface area contributed by atoms with Crippen molar-refractivity contribution in [2.24, 2.45) is 5.92 Å². The fourth-order valence-electron chi connectivity index (χ4n) is 1.03. The second-order valence-corrected chi connectivity index (χ2v) is 3.96. The summed E-state index contributed by atoms with van der Waals surface area (Å²) >= 11 is 2.10. The lowest BCUT2D eigenvalue weighted by molar-refractivity contribution is 0.434. The molecular formula is C7H10FI. The normalized spacial score (nSPS) is 29.0. The van der Waals surface area contributed by atoms with Crippen LogP contribution in [0.15, 0.2) is 9.41 Å². The van der Waals surface area contributed by atoms with Gasteiger partial charge in [0.05, 0.1) is 0 Å². The summed E-state index contributed by atoms with van der Waals surface area (Å²) in [5.74, 6) is 0.679. The van der Waals surface area contributed by atoms with Crippen molar-refractivity contribution in [1.82, 2.24) is 0 Å². The van der Waals surface area contributed by atoms with Crippen molar-refractivity contribution in [3.05, 3.63) is 9.41 Å². The number of hydrogen-bond acceptors (Lipinski definition) is 0. The van der Waals surface area contributed by atoms with Gasteiger partial charge in [0.15, 0.2) is 0 Å². The molecule has 0 aliphatic heterocycles. The van der Waals surface area contributed by atoms with Crippen LogP contribution in [0.3, 0.4) is 0 Å². The lowest BCUT2D eigenvalue weighted by Crippen LogP contribution is -2.01. The highest BCUT2D eigenvalue weighted by Gasteiger charge is 2.15. The summed E-state index contributed by atoms with van der Waals surface area (Å²) in [4.78, 5) is 0. The van der Waals surface area contributed by atoms with E-state index in [-0.39, 0.29) is 5.83 Å². The molecule has 52 valence electrons. The van der Waals surface area contributed by atoms with Gasteiger partial charge in [-0.15, -0.1) is 0 Å². The average Bonchev–Trinajstić information content (AvgIpc) is 1.80. The summed E-state index contributed by atoms with van der Waals surface area (Å²) in [5, 5.41) is 0. The van der Waals surface area contributed by atoms with Gasteiger partial charge in [0.25, 0.3) is 0 Å². The molecule has 0 heterocycles. The molecule has 2 heteroatoms. The van der Waals surface area contributed by atoms with Gasteiger partial charge < -0.3 is 0 Å². The smallest absolute Gasteiger partial charge is 0.109 e. The topological polar surface area (TPSA) is 0 Å². The minimum atomic E-state index is 0.120. The molecular weight excluding hydrogens is 230 g/mol. The number of rotatable bonds is 0. The van der Waals surface area contributed by atoms with E-state index in [2.05, 4.69) is 29.5 Å². The molecule has 0 amide bonds. The molecule has 0 aromatic rings. The number of halogens is 2. The average molecular weight is 240 g/mol. The third kappa shape index (κ3) is 1.92. The SMILES string of the molecule is CC1CCC(I)=C(F)C1. The van der Waals surface area contributed by atoms with Gasteiger partial charge in [0.2, 0.25) is 0 Å². The van der Waals surface area contributed by atoms with Gasteiger partial charge in [0, 0.05) is 10.0 Å². The summed E-state index contributed by atoms with van der Waals surface area (Å²) in [6.45, 7) is 2.10. The fourth-order valence-corrected chi connectivity index (χ4v) is 1.56. The first kappa shape index (κ1) is 7.51. The summed E-state index contributed by atoms with van der Waals surface area (Å²) < 4.78 is 13.6. The Kier molecular flexibility index (Phi) is 2.50. The summed E-state index contributed by atoms with van der Waals surface area (Å²) in [6.07, 6.45) is 2.78. The van der Waals surface area contributed by atoms with Crippen molar-refractivity contribution in [3.63, 3.8) is 0 Å². The Morgan fingerprint density at radius 2 is 2.33 bits per heavy atom. The third-order valence-corrected chi connectivity index (χ3v) is 2.80. The summed E-state index contributed by atoms with van der Waals surface area (Å²) in [6, 6.07) is 0. The zero-order chi connectivity index (χ0) is 6.85. The minimum absolute atomic E-state index is 0.120. The second-order valence-electron chi connectivity index (χ2n) is 2.66. The molecule has 0 N–H and O–H groups in total. The predicted octanol–water partition coefficient (Wildman–Crippen LogP) is 3.42. The third-order valence-electron chi connectivity index (χ3n) is 1.68. The van der Waals surface area contributed by atoms with E-state index >= 15 is 0 Å². The maximum atomic E-state index is 12.7. The zero-order valence-electron chi connectivity index (χ0n) is 5.45. The standard InChI is InChI=1S/C7H10FI/c1-5-2-3-7(9)6(8)4-5/h5H,2-4H2,1H3. The molecule has 0 nitrogen and oxygen atoms in total. The second kappa shape index (κ2) is 2.99. The predicted molar refractivity (Wildman–Crippen MR) is 45.2 cm³/mol. The first-order chi connectivity index (χ1) is 4.20. The lowest BCUT2D eigenvalue weighted by atomic mass is 9.96. The molecule has 0 fully saturated rings. The molecule has 1 aliphatic rings. The maximum Gasteiger partial charge on any atom is 0.109 e. The van der Waals surface area contributed by atoms with Gasteiger partial charge >= 0.3 is 0 Å². The Bertz CT molecular complexity index is 140. The Morgan fingerprint density at radius 3 is 2.78 bits per heavy atom. The van der Waals surface area contributed by atoms with Crippen LogP contribution in [0.1, 0.15) is 26.2 Å². The van der Waals surface area contributed by atoms with Crippen molar-refractivity contribution in [2.75, 3.05) is 0 Å². The monoisotopic (exact) mass is 240 g/mol. The van der Waals surface area contributed by atoms with Gasteiger partial charge in [-0.05, 0) is 41.4 Å². The van der Waals surface area contributed by atoms with Gasteiger partial charge in [-0.3, -0.25) is 0 Å². The van der Waals surface area contributed by atoms with Crippen LogP contribution < -0.4 is 0 Å². The molecule has 0 bridgehead atoms. The van der Waals surface area contributed by atoms with Crippen molar-refractivity contribution in [3.8, 4) is 0 Å². The quantitative estimate of drug-likeness (QED) is 0.569. The molecule has 0 aromatic carbocycles. The van der Waals surface area contributed by atoms with Crippen LogP contribution in [0.5, 0.6) is 0 Å². The zero-order valence-corrected chi connectivity index (χ0v) is 7.61. The Balaban J connectivity index is 2.61. The van der Waals surface area contributed by atoms with Crippen molar-refractivity contribution >= 4 is 22.6 Å². The van der Waals surface area contributed by atoms with Crippen LogP contribution in [0.4, 0.5) is 4.39 Å². The van der Waals surface area contributed by atoms with Gasteiger partial charge in [0.1, 0.15) is 5.83 Å². The lowest BCUT2D eigenvalue weighted by Gasteiger charge is -2.16. The fraction of sp³-hybridized carbons (Fsp3) is 0.714. The molecule has 0 radical (unpaired) electrons. The molecule has 9 heavy (non-hydrogen) atoms. The van der Waals surface area contributed by atoms with Crippen molar-refractivity contribution in [1.29, 1.82) is 0 Å². The molecule has 1 atom stereocenters. The minimum Gasteiger partial charge on any atom is -0.211 e. The van der Waals surface area contributed by atoms with Crippen LogP contribution in [0, 0.1) is 5.92 Å². The van der Waals surface area contributed by atoms with Crippen LogP contribution in [0.2, 0.25) is 0 Å². The van der Waals surface area contributed by atoms with Crippen molar-refractivity contribution in [2.45, 2.75) is 26.2 Å². The van der Waals surface area contributed by atoms with E-state index in [0.717, 1.165) is 16.4 Å². The van der Waals surface area contributed by atoms with Crippen LogP contribution in [0.25, 0.3) is 0 Å². The van der Waals surface area contributed by atoms with E-state index in [1.54, 1.807) is 0 Å². The highest BCUT2D eigenvalue weighted by molar-refractivity contribution is 14.1. The van der Waals surface area contributed by atoms with Crippen LogP contribution >= 0.6 is 22.6 Å². The molecule has 1 aliphatic carbocycles. The summed E-state index contributed by atoms with van der Waals surface area (Å²) in [5.41, 5.74) is 0. The van der Waals surface area contributed by atoms with Crippen LogP contribution in [-0.2, 0) is 0 Å². The Morgan fingerprint density at radius 1 is 1.67 bits per heavy atom. The Labute approximate surface area is 68.7 Å². The molecule has 1 rings (SSSR count). The van der Waals surface area contributed by atoms with Crippen LogP contribution in [-0.4, -0.2) is 0 Å². The molecule has 0 spiro atoms.